The summed E-state index contributed by atoms with van der Waals surface area (Å²) in [6.45, 7) is 3.68. The summed E-state index contributed by atoms with van der Waals surface area (Å²) in [5.41, 5.74) is 5.43. The number of hydrogen-bond acceptors (Lipinski definition) is 3. The predicted molar refractivity (Wildman–Crippen MR) is 77.6 cm³/mol. The molecule has 0 fully saturated rings. The summed E-state index contributed by atoms with van der Waals surface area (Å²) in [6, 6.07) is 4.67. The standard InChI is InChI=1S/C12H15IN2O3/c1-12(2,6-14)11(18)15-9-4-7(10(16)17)3-8(13)5-9/h3-5H,6,14H2,1-2H3,(H,15,18)(H,16,17). The Hall–Kier alpha value is -1.15. The van der Waals surface area contributed by atoms with E-state index in [1.165, 1.54) is 12.1 Å². The Morgan fingerprint density at radius 1 is 1.39 bits per heavy atom. The van der Waals surface area contributed by atoms with Crippen LogP contribution < -0.4 is 11.1 Å². The predicted octanol–water partition coefficient (Wildman–Crippen LogP) is 1.91. The molecule has 0 heterocycles. The Labute approximate surface area is 119 Å². The maximum absolute atomic E-state index is 11.9. The number of rotatable bonds is 4. The number of carbonyl (C=O) groups is 2. The van der Waals surface area contributed by atoms with Gasteiger partial charge in [0.2, 0.25) is 5.91 Å². The molecule has 0 aromatic heterocycles. The Bertz CT molecular complexity index is 486. The third-order valence-electron chi connectivity index (χ3n) is 2.53. The minimum Gasteiger partial charge on any atom is -0.478 e. The summed E-state index contributed by atoms with van der Waals surface area (Å²) in [5.74, 6) is -1.26. The first kappa shape index (κ1) is 14.9. The van der Waals surface area contributed by atoms with Crippen LogP contribution in [0.1, 0.15) is 24.2 Å². The van der Waals surface area contributed by atoms with Crippen molar-refractivity contribution in [1.29, 1.82) is 0 Å². The molecule has 0 saturated carbocycles. The number of nitrogens with one attached hydrogen (secondary N) is 1. The molecule has 0 atom stereocenters. The zero-order valence-corrected chi connectivity index (χ0v) is 12.3. The molecule has 0 aliphatic heterocycles. The van der Waals surface area contributed by atoms with Crippen LogP contribution in [0.15, 0.2) is 18.2 Å². The molecule has 1 aromatic carbocycles. The van der Waals surface area contributed by atoms with Crippen molar-refractivity contribution in [3.05, 3.63) is 27.3 Å². The van der Waals surface area contributed by atoms with Gasteiger partial charge in [-0.2, -0.15) is 0 Å². The molecule has 98 valence electrons. The van der Waals surface area contributed by atoms with E-state index in [4.69, 9.17) is 10.8 Å². The normalized spacial score (nSPS) is 11.1. The topological polar surface area (TPSA) is 92.4 Å². The number of hydrogen-bond donors (Lipinski definition) is 3. The van der Waals surface area contributed by atoms with Crippen LogP contribution in [0, 0.1) is 8.99 Å². The van der Waals surface area contributed by atoms with Gasteiger partial charge < -0.3 is 16.2 Å². The second kappa shape index (κ2) is 5.66. The second-order valence-electron chi connectivity index (χ2n) is 4.58. The van der Waals surface area contributed by atoms with Gasteiger partial charge in [0.05, 0.1) is 11.0 Å². The van der Waals surface area contributed by atoms with Gasteiger partial charge in [0.15, 0.2) is 0 Å². The lowest BCUT2D eigenvalue weighted by molar-refractivity contribution is -0.123. The third-order valence-corrected chi connectivity index (χ3v) is 3.15. The van der Waals surface area contributed by atoms with Crippen molar-refractivity contribution < 1.29 is 14.7 Å². The Morgan fingerprint density at radius 3 is 2.50 bits per heavy atom. The van der Waals surface area contributed by atoms with Crippen molar-refractivity contribution in [2.45, 2.75) is 13.8 Å². The quantitative estimate of drug-likeness (QED) is 0.714. The third kappa shape index (κ3) is 3.67. The number of amides is 1. The summed E-state index contributed by atoms with van der Waals surface area (Å²) < 4.78 is 0.744. The number of benzene rings is 1. The maximum Gasteiger partial charge on any atom is 0.335 e. The van der Waals surface area contributed by atoms with Gasteiger partial charge in [-0.25, -0.2) is 4.79 Å². The van der Waals surface area contributed by atoms with Crippen molar-refractivity contribution in [3.63, 3.8) is 0 Å². The minimum atomic E-state index is -1.03. The first-order valence-corrected chi connectivity index (χ1v) is 6.39. The highest BCUT2D eigenvalue weighted by atomic mass is 127. The number of carboxylic acids is 1. The number of halogens is 1. The number of carboxylic acid groups (broad SMARTS) is 1. The molecule has 0 aliphatic rings. The van der Waals surface area contributed by atoms with Gasteiger partial charge in [0.1, 0.15) is 0 Å². The molecule has 5 nitrogen and oxygen atoms in total. The van der Waals surface area contributed by atoms with E-state index < -0.39 is 11.4 Å². The van der Waals surface area contributed by atoms with Crippen molar-refractivity contribution in [2.24, 2.45) is 11.1 Å². The van der Waals surface area contributed by atoms with E-state index in [0.717, 1.165) is 3.57 Å². The summed E-state index contributed by atoms with van der Waals surface area (Å²) in [7, 11) is 0. The number of anilines is 1. The lowest BCUT2D eigenvalue weighted by Gasteiger charge is -2.21. The second-order valence-corrected chi connectivity index (χ2v) is 5.82. The Balaban J connectivity index is 2.98. The van der Waals surface area contributed by atoms with E-state index in [9.17, 15) is 9.59 Å². The molecule has 1 rings (SSSR count). The molecule has 0 saturated heterocycles. The Morgan fingerprint density at radius 2 is 2.00 bits per heavy atom. The highest BCUT2D eigenvalue weighted by Gasteiger charge is 2.26. The number of aromatic carboxylic acids is 1. The maximum atomic E-state index is 11.9. The zero-order chi connectivity index (χ0) is 13.9. The van der Waals surface area contributed by atoms with Crippen molar-refractivity contribution in [1.82, 2.24) is 0 Å². The number of carbonyl (C=O) groups excluding carboxylic acids is 1. The van der Waals surface area contributed by atoms with Crippen LogP contribution in [0.2, 0.25) is 0 Å². The Kier molecular flexibility index (Phi) is 4.69. The fraction of sp³-hybridized carbons (Fsp3) is 0.333. The zero-order valence-electron chi connectivity index (χ0n) is 10.2. The lowest BCUT2D eigenvalue weighted by atomic mass is 9.92. The first-order valence-electron chi connectivity index (χ1n) is 5.31. The SMILES string of the molecule is CC(C)(CN)C(=O)Nc1cc(I)cc(C(=O)O)c1. The summed E-state index contributed by atoms with van der Waals surface area (Å²) in [6.07, 6.45) is 0. The van der Waals surface area contributed by atoms with E-state index in [-0.39, 0.29) is 18.0 Å². The van der Waals surface area contributed by atoms with Crippen LogP contribution in [-0.2, 0) is 4.79 Å². The van der Waals surface area contributed by atoms with E-state index in [0.29, 0.717) is 5.69 Å². The van der Waals surface area contributed by atoms with Gasteiger partial charge >= 0.3 is 5.97 Å². The van der Waals surface area contributed by atoms with Crippen LogP contribution >= 0.6 is 22.6 Å². The fourth-order valence-corrected chi connectivity index (χ4v) is 1.85. The van der Waals surface area contributed by atoms with Crippen molar-refractivity contribution >= 4 is 40.2 Å². The van der Waals surface area contributed by atoms with E-state index in [2.05, 4.69) is 5.32 Å². The molecule has 4 N–H and O–H groups in total. The largest absolute Gasteiger partial charge is 0.478 e. The van der Waals surface area contributed by atoms with Gasteiger partial charge in [-0.1, -0.05) is 0 Å². The highest BCUT2D eigenvalue weighted by Crippen LogP contribution is 2.20. The molecule has 1 aromatic rings. The average molecular weight is 362 g/mol. The van der Waals surface area contributed by atoms with Crippen LogP contribution in [0.5, 0.6) is 0 Å². The van der Waals surface area contributed by atoms with Gasteiger partial charge in [-0.3, -0.25) is 4.79 Å². The molecule has 0 bridgehead atoms. The molecule has 0 radical (unpaired) electrons. The molecule has 0 unspecified atom stereocenters. The molecule has 0 aliphatic carbocycles. The van der Waals surface area contributed by atoms with Gasteiger partial charge in [0.25, 0.3) is 0 Å². The van der Waals surface area contributed by atoms with Crippen LogP contribution in [-0.4, -0.2) is 23.5 Å². The van der Waals surface area contributed by atoms with Crippen molar-refractivity contribution in [2.75, 3.05) is 11.9 Å². The average Bonchev–Trinajstić information content (AvgIpc) is 2.28. The van der Waals surface area contributed by atoms with Crippen LogP contribution in [0.3, 0.4) is 0 Å². The van der Waals surface area contributed by atoms with Crippen LogP contribution in [0.4, 0.5) is 5.69 Å². The summed E-state index contributed by atoms with van der Waals surface area (Å²) in [4.78, 5) is 22.8. The first-order chi connectivity index (χ1) is 8.26. The van der Waals surface area contributed by atoms with Gasteiger partial charge in [-0.15, -0.1) is 0 Å². The smallest absolute Gasteiger partial charge is 0.335 e. The molecule has 1 amide bonds. The monoisotopic (exact) mass is 362 g/mol. The summed E-state index contributed by atoms with van der Waals surface area (Å²) in [5, 5.41) is 11.6. The van der Waals surface area contributed by atoms with Crippen molar-refractivity contribution in [3.8, 4) is 0 Å². The van der Waals surface area contributed by atoms with Gasteiger partial charge in [-0.05, 0) is 54.6 Å². The summed E-state index contributed by atoms with van der Waals surface area (Å²) >= 11 is 2.00. The molecule has 18 heavy (non-hydrogen) atoms. The van der Waals surface area contributed by atoms with Crippen LogP contribution in [0.25, 0.3) is 0 Å². The molecular formula is C12H15IN2O3. The molecule has 6 heteroatoms. The molecule has 0 spiro atoms. The minimum absolute atomic E-state index is 0.141. The van der Waals surface area contributed by atoms with E-state index >= 15 is 0 Å². The number of nitrogens with two attached hydrogens (primary N) is 1. The van der Waals surface area contributed by atoms with Gasteiger partial charge in [0, 0.05) is 15.8 Å². The lowest BCUT2D eigenvalue weighted by Crippen LogP contribution is -2.37. The van der Waals surface area contributed by atoms with E-state index in [1.807, 2.05) is 22.6 Å². The van der Waals surface area contributed by atoms with E-state index in [1.54, 1.807) is 19.9 Å². The highest BCUT2D eigenvalue weighted by molar-refractivity contribution is 14.1. The molecular weight excluding hydrogens is 347 g/mol. The fourth-order valence-electron chi connectivity index (χ4n) is 1.18.